The van der Waals surface area contributed by atoms with Crippen molar-refractivity contribution in [2.24, 2.45) is 0 Å². The normalized spacial score (nSPS) is 15.5. The molecule has 0 aliphatic heterocycles. The number of carbonyl (C=O) groups is 1. The second-order valence-electron chi connectivity index (χ2n) is 4.40. The summed E-state index contributed by atoms with van der Waals surface area (Å²) in [6, 6.07) is 8.09. The molecule has 104 valence electrons. The van der Waals surface area contributed by atoms with Crippen molar-refractivity contribution in [3.63, 3.8) is 0 Å². The number of esters is 1. The van der Waals surface area contributed by atoms with Gasteiger partial charge in [-0.2, -0.15) is 4.31 Å². The van der Waals surface area contributed by atoms with Gasteiger partial charge in [-0.05, 0) is 31.9 Å². The monoisotopic (exact) mass is 283 g/mol. The van der Waals surface area contributed by atoms with E-state index < -0.39 is 16.0 Å². The Kier molecular flexibility index (Phi) is 4.21. The molecule has 6 heteroatoms. The Morgan fingerprint density at radius 1 is 1.32 bits per heavy atom. The van der Waals surface area contributed by atoms with E-state index in [1.54, 1.807) is 25.1 Å². The van der Waals surface area contributed by atoms with Gasteiger partial charge in [0.2, 0.25) is 10.0 Å². The standard InChI is InChI=1S/C13H17NO4S/c1-2-18-13(15)10-14(11-8-9-11)19(16,17)12-6-4-3-5-7-12/h3-7,11H,2,8-10H2,1H3. The minimum absolute atomic E-state index is 0.0744. The van der Waals surface area contributed by atoms with Gasteiger partial charge in [0.15, 0.2) is 0 Å². The molecule has 1 saturated carbocycles. The van der Waals surface area contributed by atoms with Crippen LogP contribution < -0.4 is 0 Å². The first kappa shape index (κ1) is 14.0. The Labute approximate surface area is 113 Å². The fourth-order valence-corrected chi connectivity index (χ4v) is 3.49. The van der Waals surface area contributed by atoms with Crippen molar-refractivity contribution in [2.75, 3.05) is 13.2 Å². The third kappa shape index (κ3) is 3.33. The average Bonchev–Trinajstić information content (AvgIpc) is 3.21. The molecule has 0 atom stereocenters. The van der Waals surface area contributed by atoms with Crippen LogP contribution in [0.1, 0.15) is 19.8 Å². The molecule has 1 fully saturated rings. The summed E-state index contributed by atoms with van der Waals surface area (Å²) in [4.78, 5) is 11.7. The summed E-state index contributed by atoms with van der Waals surface area (Å²) in [7, 11) is -3.62. The molecule has 1 aliphatic carbocycles. The Morgan fingerprint density at radius 2 is 1.95 bits per heavy atom. The number of sulfonamides is 1. The van der Waals surface area contributed by atoms with Crippen molar-refractivity contribution in [1.82, 2.24) is 4.31 Å². The summed E-state index contributed by atoms with van der Waals surface area (Å²) >= 11 is 0. The van der Waals surface area contributed by atoms with Gasteiger partial charge in [-0.1, -0.05) is 18.2 Å². The third-order valence-corrected chi connectivity index (χ3v) is 4.81. The summed E-state index contributed by atoms with van der Waals surface area (Å²) in [6.45, 7) is 1.74. The molecule has 1 aromatic rings. The first-order chi connectivity index (χ1) is 9.05. The number of hydrogen-bond acceptors (Lipinski definition) is 4. The summed E-state index contributed by atoms with van der Waals surface area (Å²) in [5.41, 5.74) is 0. The molecule has 5 nitrogen and oxygen atoms in total. The molecule has 1 aromatic carbocycles. The zero-order valence-corrected chi connectivity index (χ0v) is 11.6. The van der Waals surface area contributed by atoms with Crippen LogP contribution in [0, 0.1) is 0 Å². The van der Waals surface area contributed by atoms with Crippen LogP contribution >= 0.6 is 0 Å². The molecule has 0 amide bonds. The molecule has 0 unspecified atom stereocenters. The van der Waals surface area contributed by atoms with Crippen LogP contribution in [0.25, 0.3) is 0 Å². The molecule has 0 heterocycles. The van der Waals surface area contributed by atoms with Gasteiger partial charge >= 0.3 is 5.97 Å². The zero-order chi connectivity index (χ0) is 13.9. The Balaban J connectivity index is 2.21. The second-order valence-corrected chi connectivity index (χ2v) is 6.29. The minimum atomic E-state index is -3.62. The number of nitrogens with zero attached hydrogens (tertiary/aromatic N) is 1. The lowest BCUT2D eigenvalue weighted by Gasteiger charge is -2.20. The van der Waals surface area contributed by atoms with Crippen LogP contribution in [0.5, 0.6) is 0 Å². The highest BCUT2D eigenvalue weighted by Crippen LogP contribution is 2.31. The average molecular weight is 283 g/mol. The van der Waals surface area contributed by atoms with Crippen molar-refractivity contribution in [1.29, 1.82) is 0 Å². The van der Waals surface area contributed by atoms with E-state index in [0.717, 1.165) is 12.8 Å². The van der Waals surface area contributed by atoms with E-state index in [-0.39, 0.29) is 24.1 Å². The first-order valence-electron chi connectivity index (χ1n) is 6.28. The van der Waals surface area contributed by atoms with Crippen LogP contribution in [0.15, 0.2) is 35.2 Å². The molecule has 0 aromatic heterocycles. The van der Waals surface area contributed by atoms with E-state index in [1.165, 1.54) is 16.4 Å². The fraction of sp³-hybridized carbons (Fsp3) is 0.462. The highest BCUT2D eigenvalue weighted by molar-refractivity contribution is 7.89. The maximum absolute atomic E-state index is 12.5. The van der Waals surface area contributed by atoms with Crippen molar-refractivity contribution in [3.8, 4) is 0 Å². The highest BCUT2D eigenvalue weighted by atomic mass is 32.2. The van der Waals surface area contributed by atoms with Crippen LogP contribution in [0.4, 0.5) is 0 Å². The van der Waals surface area contributed by atoms with E-state index >= 15 is 0 Å². The van der Waals surface area contributed by atoms with Gasteiger partial charge in [-0.15, -0.1) is 0 Å². The van der Waals surface area contributed by atoms with E-state index in [2.05, 4.69) is 0 Å². The number of rotatable bonds is 6. The number of ether oxygens (including phenoxy) is 1. The highest BCUT2D eigenvalue weighted by Gasteiger charge is 2.39. The first-order valence-corrected chi connectivity index (χ1v) is 7.72. The topological polar surface area (TPSA) is 63.7 Å². The van der Waals surface area contributed by atoms with Crippen molar-refractivity contribution >= 4 is 16.0 Å². The van der Waals surface area contributed by atoms with E-state index in [1.807, 2.05) is 0 Å². The third-order valence-electron chi connectivity index (χ3n) is 2.89. The van der Waals surface area contributed by atoms with E-state index in [4.69, 9.17) is 4.74 Å². The van der Waals surface area contributed by atoms with Crippen LogP contribution in [0.3, 0.4) is 0 Å². The van der Waals surface area contributed by atoms with E-state index in [0.29, 0.717) is 0 Å². The van der Waals surface area contributed by atoms with E-state index in [9.17, 15) is 13.2 Å². The Morgan fingerprint density at radius 3 is 2.47 bits per heavy atom. The number of benzene rings is 1. The van der Waals surface area contributed by atoms with Crippen molar-refractivity contribution in [2.45, 2.75) is 30.7 Å². The Bertz CT molecular complexity index is 537. The van der Waals surface area contributed by atoms with Crippen LogP contribution in [-0.2, 0) is 19.6 Å². The molecule has 0 N–H and O–H groups in total. The lowest BCUT2D eigenvalue weighted by molar-refractivity contribution is -0.143. The van der Waals surface area contributed by atoms with Gasteiger partial charge in [-0.25, -0.2) is 8.42 Å². The summed E-state index contributed by atoms with van der Waals surface area (Å²) in [5, 5.41) is 0. The predicted molar refractivity (Wildman–Crippen MR) is 70.0 cm³/mol. The van der Waals surface area contributed by atoms with Gasteiger partial charge in [-0.3, -0.25) is 4.79 Å². The van der Waals surface area contributed by atoms with Crippen molar-refractivity contribution in [3.05, 3.63) is 30.3 Å². The molecule has 2 rings (SSSR count). The molecule has 0 saturated heterocycles. The lowest BCUT2D eigenvalue weighted by Crippen LogP contribution is -2.38. The predicted octanol–water partition coefficient (Wildman–Crippen LogP) is 1.40. The second kappa shape index (κ2) is 5.71. The van der Waals surface area contributed by atoms with Gasteiger partial charge in [0.05, 0.1) is 11.5 Å². The molecule has 0 bridgehead atoms. The van der Waals surface area contributed by atoms with Crippen molar-refractivity contribution < 1.29 is 17.9 Å². The van der Waals surface area contributed by atoms with Gasteiger partial charge in [0.25, 0.3) is 0 Å². The van der Waals surface area contributed by atoms with Gasteiger partial charge in [0.1, 0.15) is 6.54 Å². The SMILES string of the molecule is CCOC(=O)CN(C1CC1)S(=O)(=O)c1ccccc1. The van der Waals surface area contributed by atoms with Crippen LogP contribution in [0.2, 0.25) is 0 Å². The molecule has 0 radical (unpaired) electrons. The molecular weight excluding hydrogens is 266 g/mol. The fourth-order valence-electron chi connectivity index (χ4n) is 1.83. The largest absolute Gasteiger partial charge is 0.465 e. The van der Waals surface area contributed by atoms with Gasteiger partial charge < -0.3 is 4.74 Å². The minimum Gasteiger partial charge on any atom is -0.465 e. The van der Waals surface area contributed by atoms with Crippen LogP contribution in [-0.4, -0.2) is 37.9 Å². The maximum atomic E-state index is 12.5. The maximum Gasteiger partial charge on any atom is 0.321 e. The number of hydrogen-bond donors (Lipinski definition) is 0. The smallest absolute Gasteiger partial charge is 0.321 e. The molecular formula is C13H17NO4S. The number of carbonyl (C=O) groups excluding carboxylic acids is 1. The summed E-state index contributed by atoms with van der Waals surface area (Å²) < 4.78 is 31.0. The molecule has 19 heavy (non-hydrogen) atoms. The molecule has 1 aliphatic rings. The molecule has 0 spiro atoms. The van der Waals surface area contributed by atoms with Gasteiger partial charge in [0, 0.05) is 6.04 Å². The quantitative estimate of drug-likeness (QED) is 0.740. The summed E-state index contributed by atoms with van der Waals surface area (Å²) in [5.74, 6) is -0.506. The lowest BCUT2D eigenvalue weighted by atomic mass is 10.4. The summed E-state index contributed by atoms with van der Waals surface area (Å²) in [6.07, 6.45) is 1.59. The zero-order valence-electron chi connectivity index (χ0n) is 10.8. The Hall–Kier alpha value is -1.40.